The minimum absolute atomic E-state index is 0.0547. The molecule has 1 aromatic carbocycles. The van der Waals surface area contributed by atoms with E-state index in [1.165, 1.54) is 16.7 Å². The van der Waals surface area contributed by atoms with Gasteiger partial charge in [0.05, 0.1) is 16.9 Å². The normalized spacial score (nSPS) is 16.2. The smallest absolute Gasteiger partial charge is 0.256 e. The number of aromatic nitrogens is 3. The van der Waals surface area contributed by atoms with Crippen LogP contribution >= 0.6 is 0 Å². The van der Waals surface area contributed by atoms with E-state index >= 15 is 0 Å². The molecular weight excluding hydrogens is 348 g/mol. The average Bonchev–Trinajstić information content (AvgIpc) is 3.39. The van der Waals surface area contributed by atoms with Gasteiger partial charge in [0.25, 0.3) is 5.56 Å². The molecule has 0 amide bonds. The molecule has 1 fully saturated rings. The molecule has 0 unspecified atom stereocenters. The van der Waals surface area contributed by atoms with Crippen LogP contribution in [-0.2, 0) is 5.54 Å². The van der Waals surface area contributed by atoms with E-state index in [2.05, 4.69) is 56.2 Å². The van der Waals surface area contributed by atoms with E-state index in [1.807, 2.05) is 24.6 Å². The Hall–Kier alpha value is -2.69. The highest BCUT2D eigenvalue weighted by atomic mass is 16.1. The van der Waals surface area contributed by atoms with Crippen molar-refractivity contribution in [1.82, 2.24) is 14.5 Å². The Bertz CT molecular complexity index is 1140. The Labute approximate surface area is 165 Å². The van der Waals surface area contributed by atoms with Gasteiger partial charge in [-0.15, -0.1) is 0 Å². The Morgan fingerprint density at radius 2 is 1.82 bits per heavy atom. The van der Waals surface area contributed by atoms with Gasteiger partial charge in [-0.25, -0.2) is 9.97 Å². The van der Waals surface area contributed by atoms with Crippen molar-refractivity contribution in [2.75, 3.05) is 5.32 Å². The Kier molecular flexibility index (Phi) is 4.29. The molecule has 1 aliphatic carbocycles. The summed E-state index contributed by atoms with van der Waals surface area (Å²) in [7, 11) is 0. The lowest BCUT2D eigenvalue weighted by atomic mass is 9.98. The number of nitrogens with one attached hydrogen (secondary N) is 1. The fourth-order valence-corrected chi connectivity index (χ4v) is 3.92. The number of fused-ring (bicyclic) bond motifs is 1. The molecule has 5 heteroatoms. The maximum absolute atomic E-state index is 12.9. The fraction of sp³-hybridized carbons (Fsp3) is 0.435. The summed E-state index contributed by atoms with van der Waals surface area (Å²) >= 11 is 0. The van der Waals surface area contributed by atoms with Crippen molar-refractivity contribution in [3.05, 3.63) is 62.8 Å². The average molecular weight is 377 g/mol. The first-order valence-corrected chi connectivity index (χ1v) is 9.95. The molecule has 1 atom stereocenters. The van der Waals surface area contributed by atoms with Crippen LogP contribution in [0.5, 0.6) is 0 Å². The van der Waals surface area contributed by atoms with Gasteiger partial charge in [0.2, 0.25) is 0 Å². The number of hydrogen-bond acceptors (Lipinski definition) is 4. The van der Waals surface area contributed by atoms with E-state index in [-0.39, 0.29) is 17.1 Å². The van der Waals surface area contributed by atoms with Crippen LogP contribution in [0.25, 0.3) is 10.9 Å². The lowest BCUT2D eigenvalue weighted by molar-refractivity contribution is 0.514. The molecule has 2 heterocycles. The Morgan fingerprint density at radius 1 is 1.11 bits per heavy atom. The summed E-state index contributed by atoms with van der Waals surface area (Å²) in [5.74, 6) is 1.46. The van der Waals surface area contributed by atoms with E-state index in [1.54, 1.807) is 0 Å². The predicted octanol–water partition coefficient (Wildman–Crippen LogP) is 4.71. The highest BCUT2D eigenvalue weighted by Gasteiger charge is 2.40. The number of aryl methyl sites for hydroxylation is 3. The maximum Gasteiger partial charge on any atom is 0.256 e. The third-order valence-corrected chi connectivity index (χ3v) is 6.23. The number of pyridine rings is 1. The second-order valence-corrected chi connectivity index (χ2v) is 8.46. The molecule has 4 rings (SSSR count). The number of benzene rings is 1. The number of anilines is 1. The van der Waals surface area contributed by atoms with Crippen molar-refractivity contribution >= 4 is 16.7 Å². The molecule has 3 aromatic rings. The third-order valence-electron chi connectivity index (χ3n) is 6.23. The first-order chi connectivity index (χ1) is 13.2. The highest BCUT2D eigenvalue weighted by molar-refractivity contribution is 5.90. The summed E-state index contributed by atoms with van der Waals surface area (Å²) < 4.78 is 1.89. The van der Waals surface area contributed by atoms with Crippen molar-refractivity contribution in [1.29, 1.82) is 0 Å². The van der Waals surface area contributed by atoms with E-state index in [0.29, 0.717) is 11.4 Å². The Morgan fingerprint density at radius 3 is 2.50 bits per heavy atom. The van der Waals surface area contributed by atoms with Gasteiger partial charge in [0, 0.05) is 17.3 Å². The van der Waals surface area contributed by atoms with Crippen LogP contribution in [0.15, 0.2) is 29.2 Å². The molecule has 0 radical (unpaired) electrons. The zero-order valence-electron chi connectivity index (χ0n) is 17.6. The summed E-state index contributed by atoms with van der Waals surface area (Å²) in [6.45, 7) is 12.3. The second kappa shape index (κ2) is 6.43. The molecule has 28 heavy (non-hydrogen) atoms. The minimum atomic E-state index is -0.0725. The molecule has 146 valence electrons. The monoisotopic (exact) mass is 376 g/mol. The van der Waals surface area contributed by atoms with Gasteiger partial charge in [0.1, 0.15) is 11.6 Å². The lowest BCUT2D eigenvalue weighted by Gasteiger charge is -2.21. The van der Waals surface area contributed by atoms with Crippen molar-refractivity contribution < 1.29 is 0 Å². The molecule has 0 spiro atoms. The first-order valence-electron chi connectivity index (χ1n) is 9.95. The van der Waals surface area contributed by atoms with Crippen LogP contribution in [0, 0.1) is 27.7 Å². The molecule has 0 aliphatic heterocycles. The fourth-order valence-electron chi connectivity index (χ4n) is 3.92. The molecule has 0 saturated heterocycles. The van der Waals surface area contributed by atoms with Gasteiger partial charge in [-0.05, 0) is 71.1 Å². The van der Waals surface area contributed by atoms with Gasteiger partial charge < -0.3 is 9.88 Å². The standard InChI is InChI=1S/C23H28N4O/c1-13-8-7-9-18(14(13)2)16(4)24-21-19-12-27(23(6)10-11-23)22(28)15(3)20(19)25-17(5)26-21/h7-9,12,16H,10-11H2,1-6H3,(H,24,25,26)/t16-/m1/s1. The van der Waals surface area contributed by atoms with Crippen LogP contribution in [0.3, 0.4) is 0 Å². The van der Waals surface area contributed by atoms with Crippen LogP contribution in [0.2, 0.25) is 0 Å². The van der Waals surface area contributed by atoms with Crippen LogP contribution in [0.1, 0.15) is 60.8 Å². The summed E-state index contributed by atoms with van der Waals surface area (Å²) in [4.78, 5) is 22.2. The van der Waals surface area contributed by atoms with Crippen molar-refractivity contribution in [2.24, 2.45) is 0 Å². The molecule has 0 bridgehead atoms. The lowest BCUT2D eigenvalue weighted by Crippen LogP contribution is -2.30. The summed E-state index contributed by atoms with van der Waals surface area (Å²) in [6, 6.07) is 6.47. The quantitative estimate of drug-likeness (QED) is 0.716. The van der Waals surface area contributed by atoms with Crippen molar-refractivity contribution in [3.8, 4) is 0 Å². The summed E-state index contributed by atoms with van der Waals surface area (Å²) in [5.41, 5.74) is 5.24. The first kappa shape index (κ1) is 18.7. The largest absolute Gasteiger partial charge is 0.363 e. The summed E-state index contributed by atoms with van der Waals surface area (Å²) in [6.07, 6.45) is 4.02. The van der Waals surface area contributed by atoms with Gasteiger partial charge in [-0.3, -0.25) is 4.79 Å². The molecule has 1 N–H and O–H groups in total. The van der Waals surface area contributed by atoms with Gasteiger partial charge in [-0.1, -0.05) is 18.2 Å². The zero-order chi connectivity index (χ0) is 20.2. The van der Waals surface area contributed by atoms with E-state index in [0.717, 1.165) is 29.6 Å². The second-order valence-electron chi connectivity index (χ2n) is 8.46. The maximum atomic E-state index is 12.9. The number of rotatable bonds is 4. The van der Waals surface area contributed by atoms with Gasteiger partial charge in [0.15, 0.2) is 0 Å². The topological polar surface area (TPSA) is 59.8 Å². The highest BCUT2D eigenvalue weighted by Crippen LogP contribution is 2.42. The van der Waals surface area contributed by atoms with Gasteiger partial charge in [-0.2, -0.15) is 0 Å². The number of hydrogen-bond donors (Lipinski definition) is 1. The predicted molar refractivity (Wildman–Crippen MR) is 114 cm³/mol. The molecular formula is C23H28N4O. The molecule has 5 nitrogen and oxygen atoms in total. The SMILES string of the molecule is Cc1nc(N[C@H](C)c2cccc(C)c2C)c2cn(C3(C)CC3)c(=O)c(C)c2n1. The molecule has 1 saturated carbocycles. The summed E-state index contributed by atoms with van der Waals surface area (Å²) in [5, 5.41) is 4.50. The van der Waals surface area contributed by atoms with Crippen molar-refractivity contribution in [2.45, 2.75) is 66.0 Å². The van der Waals surface area contributed by atoms with Crippen LogP contribution in [-0.4, -0.2) is 14.5 Å². The van der Waals surface area contributed by atoms with E-state index in [9.17, 15) is 4.79 Å². The third kappa shape index (κ3) is 2.99. The molecule has 2 aromatic heterocycles. The number of nitrogens with zero attached hydrogens (tertiary/aromatic N) is 3. The minimum Gasteiger partial charge on any atom is -0.363 e. The Balaban J connectivity index is 1.86. The zero-order valence-corrected chi connectivity index (χ0v) is 17.6. The van der Waals surface area contributed by atoms with E-state index in [4.69, 9.17) is 4.98 Å². The van der Waals surface area contributed by atoms with Crippen molar-refractivity contribution in [3.63, 3.8) is 0 Å². The molecule has 1 aliphatic rings. The van der Waals surface area contributed by atoms with Crippen LogP contribution in [0.4, 0.5) is 5.82 Å². The van der Waals surface area contributed by atoms with E-state index < -0.39 is 0 Å². The van der Waals surface area contributed by atoms with Gasteiger partial charge >= 0.3 is 0 Å². The van der Waals surface area contributed by atoms with Crippen LogP contribution < -0.4 is 10.9 Å².